The molecule has 0 amide bonds. The monoisotopic (exact) mass is 296 g/mol. The fourth-order valence-electron chi connectivity index (χ4n) is 2.10. The van der Waals surface area contributed by atoms with E-state index in [-0.39, 0.29) is 0 Å². The molecule has 0 spiro atoms. The number of hydrogen-bond acceptors (Lipinski definition) is 4. The molecule has 0 saturated heterocycles. The summed E-state index contributed by atoms with van der Waals surface area (Å²) in [7, 11) is 0. The molecular formula is C16H13ClN4. The van der Waals surface area contributed by atoms with E-state index in [2.05, 4.69) is 46.4 Å². The van der Waals surface area contributed by atoms with Gasteiger partial charge >= 0.3 is 0 Å². The van der Waals surface area contributed by atoms with E-state index in [0.29, 0.717) is 11.0 Å². The third-order valence-electron chi connectivity index (χ3n) is 3.24. The number of nitrogens with two attached hydrogens (primary N) is 1. The van der Waals surface area contributed by atoms with Crippen LogP contribution in [0.4, 0.5) is 5.82 Å². The largest absolute Gasteiger partial charge is 0.383 e. The lowest BCUT2D eigenvalue weighted by Crippen LogP contribution is -1.96. The number of aryl methyl sites for hydroxylation is 1. The Labute approximate surface area is 127 Å². The van der Waals surface area contributed by atoms with Gasteiger partial charge in [-0.15, -0.1) is 5.10 Å². The normalized spacial score (nSPS) is 10.6. The number of hydrogen-bond donors (Lipinski definition) is 1. The minimum Gasteiger partial charge on any atom is -0.383 e. The predicted octanol–water partition coefficient (Wildman–Crippen LogP) is 3.75. The SMILES string of the molecule is Cc1ccc(-c2cnc(N)c(-c3cnnc(Cl)c3)c2)cc1. The standard InChI is InChI=1S/C16H13ClN4/c1-10-2-4-11(5-3-10)12-6-14(16(18)19-8-12)13-7-15(17)21-20-9-13/h2-9H,1H3,(H2,18,19). The molecule has 0 atom stereocenters. The predicted molar refractivity (Wildman–Crippen MR) is 84.9 cm³/mol. The number of halogens is 1. The van der Waals surface area contributed by atoms with Crippen LogP contribution < -0.4 is 5.73 Å². The van der Waals surface area contributed by atoms with Crippen molar-refractivity contribution in [3.05, 3.63) is 59.5 Å². The van der Waals surface area contributed by atoms with Crippen molar-refractivity contribution in [2.75, 3.05) is 5.73 Å². The van der Waals surface area contributed by atoms with Gasteiger partial charge in [-0.1, -0.05) is 41.4 Å². The Balaban J connectivity index is 2.10. The van der Waals surface area contributed by atoms with Gasteiger partial charge in [-0.3, -0.25) is 0 Å². The minimum absolute atomic E-state index is 0.327. The first-order valence-electron chi connectivity index (χ1n) is 6.44. The summed E-state index contributed by atoms with van der Waals surface area (Å²) in [6, 6.07) is 12.0. The van der Waals surface area contributed by atoms with E-state index in [0.717, 1.165) is 22.3 Å². The topological polar surface area (TPSA) is 64.7 Å². The van der Waals surface area contributed by atoms with Gasteiger partial charge in [-0.05, 0) is 24.6 Å². The Morgan fingerprint density at radius 2 is 1.71 bits per heavy atom. The Hall–Kier alpha value is -2.46. The highest BCUT2D eigenvalue weighted by Gasteiger charge is 2.08. The number of anilines is 1. The molecule has 21 heavy (non-hydrogen) atoms. The molecule has 2 aromatic heterocycles. The van der Waals surface area contributed by atoms with Gasteiger partial charge in [0.15, 0.2) is 5.15 Å². The average molecular weight is 297 g/mol. The lowest BCUT2D eigenvalue weighted by Gasteiger charge is -2.08. The summed E-state index contributed by atoms with van der Waals surface area (Å²) in [4.78, 5) is 4.27. The smallest absolute Gasteiger partial charge is 0.152 e. The molecule has 5 heteroatoms. The fraction of sp³-hybridized carbons (Fsp3) is 0.0625. The molecule has 0 fully saturated rings. The molecule has 3 aromatic rings. The van der Waals surface area contributed by atoms with Gasteiger partial charge in [0.25, 0.3) is 0 Å². The van der Waals surface area contributed by atoms with Crippen LogP contribution in [0.25, 0.3) is 22.3 Å². The fourth-order valence-corrected chi connectivity index (χ4v) is 2.26. The lowest BCUT2D eigenvalue weighted by molar-refractivity contribution is 1.03. The number of nitrogen functional groups attached to an aromatic ring is 1. The zero-order valence-corrected chi connectivity index (χ0v) is 12.2. The van der Waals surface area contributed by atoms with E-state index in [4.69, 9.17) is 17.3 Å². The maximum Gasteiger partial charge on any atom is 0.152 e. The van der Waals surface area contributed by atoms with Gasteiger partial charge in [-0.2, -0.15) is 5.10 Å². The third kappa shape index (κ3) is 2.85. The van der Waals surface area contributed by atoms with Gasteiger partial charge in [0.1, 0.15) is 5.82 Å². The Bertz CT molecular complexity index is 785. The van der Waals surface area contributed by atoms with Gasteiger partial charge in [-0.25, -0.2) is 4.98 Å². The molecule has 0 bridgehead atoms. The zero-order chi connectivity index (χ0) is 14.8. The summed E-state index contributed by atoms with van der Waals surface area (Å²) in [6.07, 6.45) is 3.39. The first kappa shape index (κ1) is 13.5. The second-order valence-corrected chi connectivity index (χ2v) is 5.18. The maximum absolute atomic E-state index is 5.97. The van der Waals surface area contributed by atoms with Crippen LogP contribution in [0.3, 0.4) is 0 Å². The Morgan fingerprint density at radius 3 is 2.43 bits per heavy atom. The molecule has 4 nitrogen and oxygen atoms in total. The number of rotatable bonds is 2. The van der Waals surface area contributed by atoms with Crippen LogP contribution in [0.2, 0.25) is 5.15 Å². The van der Waals surface area contributed by atoms with Gasteiger partial charge in [0.2, 0.25) is 0 Å². The molecule has 2 heterocycles. The minimum atomic E-state index is 0.327. The van der Waals surface area contributed by atoms with Crippen LogP contribution in [0.5, 0.6) is 0 Å². The molecule has 0 aliphatic carbocycles. The molecule has 0 radical (unpaired) electrons. The molecule has 2 N–H and O–H groups in total. The summed E-state index contributed by atoms with van der Waals surface area (Å²) in [6.45, 7) is 2.06. The highest BCUT2D eigenvalue weighted by molar-refractivity contribution is 6.29. The van der Waals surface area contributed by atoms with Crippen LogP contribution in [-0.2, 0) is 0 Å². The first-order valence-corrected chi connectivity index (χ1v) is 6.82. The molecule has 3 rings (SSSR count). The molecule has 0 aliphatic rings. The number of pyridine rings is 1. The van der Waals surface area contributed by atoms with Crippen LogP contribution >= 0.6 is 11.6 Å². The van der Waals surface area contributed by atoms with Crippen molar-refractivity contribution in [1.29, 1.82) is 0 Å². The molecule has 0 aliphatic heterocycles. The first-order chi connectivity index (χ1) is 10.1. The quantitative estimate of drug-likeness (QED) is 0.782. The Morgan fingerprint density at radius 1 is 0.952 bits per heavy atom. The summed E-state index contributed by atoms with van der Waals surface area (Å²) in [5, 5.41) is 7.92. The Kier molecular flexibility index (Phi) is 3.54. The maximum atomic E-state index is 5.97. The molecule has 1 aromatic carbocycles. The summed E-state index contributed by atoms with van der Waals surface area (Å²) >= 11 is 5.89. The van der Waals surface area contributed by atoms with E-state index < -0.39 is 0 Å². The lowest BCUT2D eigenvalue weighted by atomic mass is 10.0. The van der Waals surface area contributed by atoms with Crippen molar-refractivity contribution in [1.82, 2.24) is 15.2 Å². The van der Waals surface area contributed by atoms with E-state index in [1.807, 2.05) is 6.07 Å². The van der Waals surface area contributed by atoms with E-state index in [1.165, 1.54) is 5.56 Å². The highest BCUT2D eigenvalue weighted by Crippen LogP contribution is 2.29. The van der Waals surface area contributed by atoms with Crippen LogP contribution in [0.15, 0.2) is 48.8 Å². The van der Waals surface area contributed by atoms with Gasteiger partial charge in [0.05, 0.1) is 6.20 Å². The molecule has 0 saturated carbocycles. The molecular weight excluding hydrogens is 284 g/mol. The summed E-state index contributed by atoms with van der Waals surface area (Å²) in [5.74, 6) is 0.440. The van der Waals surface area contributed by atoms with Crippen molar-refractivity contribution in [2.45, 2.75) is 6.92 Å². The van der Waals surface area contributed by atoms with E-state index >= 15 is 0 Å². The van der Waals surface area contributed by atoms with Gasteiger partial charge in [0, 0.05) is 22.9 Å². The number of benzene rings is 1. The van der Waals surface area contributed by atoms with Crippen LogP contribution in [-0.4, -0.2) is 15.2 Å². The van der Waals surface area contributed by atoms with E-state index in [9.17, 15) is 0 Å². The number of nitrogens with zero attached hydrogens (tertiary/aromatic N) is 3. The van der Waals surface area contributed by atoms with Crippen molar-refractivity contribution >= 4 is 17.4 Å². The van der Waals surface area contributed by atoms with Crippen molar-refractivity contribution in [2.24, 2.45) is 0 Å². The zero-order valence-electron chi connectivity index (χ0n) is 11.4. The summed E-state index contributed by atoms with van der Waals surface area (Å²) in [5.41, 5.74) is 10.9. The number of aromatic nitrogens is 3. The van der Waals surface area contributed by atoms with Crippen molar-refractivity contribution in [3.63, 3.8) is 0 Å². The van der Waals surface area contributed by atoms with Crippen LogP contribution in [0, 0.1) is 6.92 Å². The average Bonchev–Trinajstić information content (AvgIpc) is 2.49. The molecule has 0 unspecified atom stereocenters. The van der Waals surface area contributed by atoms with Crippen molar-refractivity contribution < 1.29 is 0 Å². The second-order valence-electron chi connectivity index (χ2n) is 4.79. The van der Waals surface area contributed by atoms with Gasteiger partial charge < -0.3 is 5.73 Å². The highest BCUT2D eigenvalue weighted by atomic mass is 35.5. The van der Waals surface area contributed by atoms with Crippen molar-refractivity contribution in [3.8, 4) is 22.3 Å². The second kappa shape index (κ2) is 5.50. The van der Waals surface area contributed by atoms with Crippen LogP contribution in [0.1, 0.15) is 5.56 Å². The third-order valence-corrected chi connectivity index (χ3v) is 3.42. The summed E-state index contributed by atoms with van der Waals surface area (Å²) < 4.78 is 0. The van der Waals surface area contributed by atoms with E-state index in [1.54, 1.807) is 18.5 Å². The molecule has 104 valence electrons.